The molecule has 8 heteroatoms. The number of alkyl halides is 3. The normalized spacial score (nSPS) is 12.1. The van der Waals surface area contributed by atoms with E-state index < -0.39 is 15.9 Å². The molecule has 31 heavy (non-hydrogen) atoms. The monoisotopic (exact) mass is 491 g/mol. The Hall–Kier alpha value is -2.31. The Morgan fingerprint density at radius 3 is 1.65 bits per heavy atom. The third-order valence-corrected chi connectivity index (χ3v) is 5.32. The van der Waals surface area contributed by atoms with Crippen molar-refractivity contribution in [2.45, 2.75) is 15.9 Å². The summed E-state index contributed by atoms with van der Waals surface area (Å²) < 4.78 is -1.85. The maximum absolute atomic E-state index is 13.4. The Bertz CT molecular complexity index is 959. The zero-order chi connectivity index (χ0) is 22.3. The van der Waals surface area contributed by atoms with Gasteiger partial charge in [-0.1, -0.05) is 114 Å². The molecule has 0 aliphatic rings. The number of carbonyl (C=O) groups is 1. The van der Waals surface area contributed by atoms with E-state index in [9.17, 15) is 4.79 Å². The summed E-state index contributed by atoms with van der Waals surface area (Å²) in [4.78, 5) is 13.4. The SMILES string of the molecule is O=C(NC(NC(=S)Nc1ccccc1)C(Cl)(Cl)Cl)C(c1ccccc1)c1ccccc1. The van der Waals surface area contributed by atoms with Crippen LogP contribution in [0.5, 0.6) is 0 Å². The minimum atomic E-state index is -1.85. The number of hydrogen-bond acceptors (Lipinski definition) is 2. The van der Waals surface area contributed by atoms with Crippen LogP contribution in [0.25, 0.3) is 0 Å². The molecule has 0 fully saturated rings. The van der Waals surface area contributed by atoms with Crippen LogP contribution in [0.1, 0.15) is 17.0 Å². The van der Waals surface area contributed by atoms with E-state index in [1.807, 2.05) is 91.0 Å². The highest BCUT2D eigenvalue weighted by Crippen LogP contribution is 2.31. The Labute approximate surface area is 201 Å². The van der Waals surface area contributed by atoms with Crippen molar-refractivity contribution in [3.05, 3.63) is 102 Å². The predicted octanol–water partition coefficient (Wildman–Crippen LogP) is 5.62. The summed E-state index contributed by atoms with van der Waals surface area (Å²) >= 11 is 23.8. The molecule has 3 N–H and O–H groups in total. The highest BCUT2D eigenvalue weighted by Gasteiger charge is 2.36. The number of rotatable bonds is 6. The lowest BCUT2D eigenvalue weighted by Crippen LogP contribution is -2.57. The molecule has 160 valence electrons. The first kappa shape index (κ1) is 23.4. The fraction of sp³-hybridized carbons (Fsp3) is 0.130. The molecule has 1 unspecified atom stereocenters. The number of thiocarbonyl (C=S) groups is 1. The van der Waals surface area contributed by atoms with Gasteiger partial charge in [-0.2, -0.15) is 0 Å². The molecule has 0 bridgehead atoms. The number of nitrogens with one attached hydrogen (secondary N) is 3. The molecule has 4 nitrogen and oxygen atoms in total. The van der Waals surface area contributed by atoms with E-state index in [2.05, 4.69) is 16.0 Å². The molecule has 1 amide bonds. The molecule has 0 saturated carbocycles. The van der Waals surface area contributed by atoms with Gasteiger partial charge >= 0.3 is 0 Å². The number of hydrogen-bond donors (Lipinski definition) is 3. The fourth-order valence-electron chi connectivity index (χ4n) is 3.03. The molecule has 0 aliphatic carbocycles. The summed E-state index contributed by atoms with van der Waals surface area (Å²) in [6, 6.07) is 28.1. The number of para-hydroxylation sites is 1. The van der Waals surface area contributed by atoms with Crippen LogP contribution in [0.4, 0.5) is 5.69 Å². The fourth-order valence-corrected chi connectivity index (χ4v) is 3.59. The third kappa shape index (κ3) is 6.84. The molecule has 0 radical (unpaired) electrons. The van der Waals surface area contributed by atoms with Crippen molar-refractivity contribution in [2.24, 2.45) is 0 Å². The lowest BCUT2D eigenvalue weighted by molar-refractivity contribution is -0.122. The Kier molecular flexibility index (Phi) is 8.15. The smallest absolute Gasteiger partial charge is 0.233 e. The first-order chi connectivity index (χ1) is 14.8. The van der Waals surface area contributed by atoms with E-state index in [-0.39, 0.29) is 11.0 Å². The van der Waals surface area contributed by atoms with Crippen LogP contribution >= 0.6 is 47.0 Å². The highest BCUT2D eigenvalue weighted by molar-refractivity contribution is 7.80. The zero-order valence-electron chi connectivity index (χ0n) is 16.3. The van der Waals surface area contributed by atoms with Crippen LogP contribution in [-0.2, 0) is 4.79 Å². The number of benzene rings is 3. The van der Waals surface area contributed by atoms with Crippen molar-refractivity contribution in [2.75, 3.05) is 5.32 Å². The third-order valence-electron chi connectivity index (χ3n) is 4.45. The molecule has 3 aromatic rings. The molecule has 0 saturated heterocycles. The van der Waals surface area contributed by atoms with Gasteiger partial charge in [-0.25, -0.2) is 0 Å². The van der Waals surface area contributed by atoms with E-state index in [0.29, 0.717) is 0 Å². The first-order valence-electron chi connectivity index (χ1n) is 9.44. The maximum atomic E-state index is 13.4. The minimum absolute atomic E-state index is 0.207. The number of halogens is 3. The zero-order valence-corrected chi connectivity index (χ0v) is 19.3. The Morgan fingerprint density at radius 2 is 1.19 bits per heavy atom. The van der Waals surface area contributed by atoms with Crippen molar-refractivity contribution in [3.63, 3.8) is 0 Å². The van der Waals surface area contributed by atoms with E-state index in [1.165, 1.54) is 0 Å². The summed E-state index contributed by atoms with van der Waals surface area (Å²) in [6.07, 6.45) is -1.07. The van der Waals surface area contributed by atoms with Crippen molar-refractivity contribution in [1.29, 1.82) is 0 Å². The average Bonchev–Trinajstić information content (AvgIpc) is 2.75. The summed E-state index contributed by atoms with van der Waals surface area (Å²) in [5.41, 5.74) is 2.40. The molecular formula is C23H20Cl3N3OS. The molecule has 0 aromatic heterocycles. The molecule has 0 heterocycles. The van der Waals surface area contributed by atoms with Crippen molar-refractivity contribution in [1.82, 2.24) is 10.6 Å². The molecular weight excluding hydrogens is 473 g/mol. The molecule has 3 aromatic carbocycles. The Balaban J connectivity index is 1.80. The van der Waals surface area contributed by atoms with Gasteiger partial charge in [0.2, 0.25) is 9.70 Å². The van der Waals surface area contributed by atoms with E-state index in [4.69, 9.17) is 47.0 Å². The van der Waals surface area contributed by atoms with Crippen LogP contribution in [0.2, 0.25) is 0 Å². The summed E-state index contributed by atoms with van der Waals surface area (Å²) in [5.74, 6) is -0.918. The van der Waals surface area contributed by atoms with Crippen LogP contribution in [0.3, 0.4) is 0 Å². The number of anilines is 1. The average molecular weight is 493 g/mol. The number of amides is 1. The predicted molar refractivity (Wildman–Crippen MR) is 133 cm³/mol. The second-order valence-electron chi connectivity index (χ2n) is 6.70. The van der Waals surface area contributed by atoms with Crippen LogP contribution in [0.15, 0.2) is 91.0 Å². The van der Waals surface area contributed by atoms with Crippen LogP contribution < -0.4 is 16.0 Å². The van der Waals surface area contributed by atoms with Crippen molar-refractivity contribution < 1.29 is 4.79 Å². The second-order valence-corrected chi connectivity index (χ2v) is 9.48. The van der Waals surface area contributed by atoms with Gasteiger partial charge in [-0.15, -0.1) is 0 Å². The quantitative estimate of drug-likeness (QED) is 0.238. The second kappa shape index (κ2) is 10.8. The molecule has 0 aliphatic heterocycles. The van der Waals surface area contributed by atoms with Gasteiger partial charge in [0.25, 0.3) is 0 Å². The lowest BCUT2D eigenvalue weighted by Gasteiger charge is -2.29. The molecule has 1 atom stereocenters. The van der Waals surface area contributed by atoms with Gasteiger partial charge < -0.3 is 16.0 Å². The topological polar surface area (TPSA) is 53.2 Å². The molecule has 0 spiro atoms. The van der Waals surface area contributed by atoms with Gasteiger partial charge in [-0.05, 0) is 35.5 Å². The van der Waals surface area contributed by atoms with Gasteiger partial charge in [0.1, 0.15) is 6.17 Å². The Morgan fingerprint density at radius 1 is 0.742 bits per heavy atom. The first-order valence-corrected chi connectivity index (χ1v) is 11.0. The van der Waals surface area contributed by atoms with E-state index in [0.717, 1.165) is 16.8 Å². The molecule has 3 rings (SSSR count). The van der Waals surface area contributed by atoms with Gasteiger partial charge in [0, 0.05) is 5.69 Å². The largest absolute Gasteiger partial charge is 0.339 e. The van der Waals surface area contributed by atoms with Gasteiger partial charge in [0.15, 0.2) is 5.11 Å². The van der Waals surface area contributed by atoms with Crippen LogP contribution in [0, 0.1) is 0 Å². The van der Waals surface area contributed by atoms with Gasteiger partial charge in [0.05, 0.1) is 5.92 Å². The standard InChI is InChI=1S/C23H20Cl3N3OS/c24-23(25,26)21(29-22(31)27-18-14-8-3-9-15-18)28-20(30)19(16-10-4-1-5-11-16)17-12-6-2-7-13-17/h1-15,19,21H,(H,28,30)(H2,27,29,31). The van der Waals surface area contributed by atoms with Crippen molar-refractivity contribution >= 4 is 63.7 Å². The summed E-state index contributed by atoms with van der Waals surface area (Å²) in [5, 5.41) is 8.89. The van der Waals surface area contributed by atoms with Crippen molar-refractivity contribution in [3.8, 4) is 0 Å². The van der Waals surface area contributed by atoms with E-state index >= 15 is 0 Å². The maximum Gasteiger partial charge on any atom is 0.233 e. The van der Waals surface area contributed by atoms with Crippen LogP contribution in [-0.4, -0.2) is 21.0 Å². The van der Waals surface area contributed by atoms with E-state index in [1.54, 1.807) is 0 Å². The number of carbonyl (C=O) groups excluding carboxylic acids is 1. The highest BCUT2D eigenvalue weighted by atomic mass is 35.6. The minimum Gasteiger partial charge on any atom is -0.339 e. The summed E-state index contributed by atoms with van der Waals surface area (Å²) in [7, 11) is 0. The summed E-state index contributed by atoms with van der Waals surface area (Å²) in [6.45, 7) is 0. The van der Waals surface area contributed by atoms with Gasteiger partial charge in [-0.3, -0.25) is 4.79 Å². The lowest BCUT2D eigenvalue weighted by atomic mass is 9.90.